The summed E-state index contributed by atoms with van der Waals surface area (Å²) in [5, 5.41) is 4.63. The molecule has 0 spiro atoms. The van der Waals surface area contributed by atoms with Crippen molar-refractivity contribution in [1.29, 1.82) is 0 Å². The van der Waals surface area contributed by atoms with Crippen LogP contribution in [0, 0.1) is 0 Å². The van der Waals surface area contributed by atoms with E-state index >= 15 is 0 Å². The van der Waals surface area contributed by atoms with E-state index in [1.807, 2.05) is 30.7 Å². The average Bonchev–Trinajstić information content (AvgIpc) is 2.99. The number of hydrogen-bond donors (Lipinski definition) is 0. The van der Waals surface area contributed by atoms with Crippen molar-refractivity contribution in [2.75, 3.05) is 0 Å². The third kappa shape index (κ3) is 1.92. The predicted molar refractivity (Wildman–Crippen MR) is 95.7 cm³/mol. The normalized spacial score (nSPS) is 11.5. The Morgan fingerprint density at radius 1 is 0.739 bits per heavy atom. The second kappa shape index (κ2) is 4.83. The zero-order valence-electron chi connectivity index (χ0n) is 12.1. The SMILES string of the molecule is c1ccc2c(c1)sc1cc(-c3nccc4cnccc34)ncc12. The van der Waals surface area contributed by atoms with E-state index in [0.29, 0.717) is 0 Å². The minimum absolute atomic E-state index is 0.904. The van der Waals surface area contributed by atoms with Crippen molar-refractivity contribution in [2.24, 2.45) is 0 Å². The Morgan fingerprint density at radius 3 is 2.70 bits per heavy atom. The Kier molecular flexibility index (Phi) is 2.66. The first kappa shape index (κ1) is 12.7. The van der Waals surface area contributed by atoms with Crippen molar-refractivity contribution in [2.45, 2.75) is 0 Å². The lowest BCUT2D eigenvalue weighted by Gasteiger charge is -2.04. The number of hydrogen-bond acceptors (Lipinski definition) is 4. The van der Waals surface area contributed by atoms with E-state index < -0.39 is 0 Å². The number of benzene rings is 1. The minimum atomic E-state index is 0.904. The molecule has 4 aromatic heterocycles. The standard InChI is InChI=1S/C19H11N3S/c1-2-4-17-14(3-1)15-11-22-16(9-18(15)23-17)19-13-6-7-20-10-12(13)5-8-21-19/h1-11H. The second-order valence-electron chi connectivity index (χ2n) is 5.42. The zero-order valence-corrected chi connectivity index (χ0v) is 12.9. The molecule has 3 nitrogen and oxygen atoms in total. The number of pyridine rings is 3. The van der Waals surface area contributed by atoms with Crippen LogP contribution in [0.5, 0.6) is 0 Å². The van der Waals surface area contributed by atoms with E-state index in [4.69, 9.17) is 0 Å². The van der Waals surface area contributed by atoms with E-state index in [1.54, 1.807) is 17.5 Å². The summed E-state index contributed by atoms with van der Waals surface area (Å²) in [4.78, 5) is 13.4. The van der Waals surface area contributed by atoms with Crippen LogP contribution in [0.25, 0.3) is 42.3 Å². The fourth-order valence-corrected chi connectivity index (χ4v) is 4.09. The number of thiophene rings is 1. The first-order valence-corrected chi connectivity index (χ1v) is 8.18. The maximum Gasteiger partial charge on any atom is 0.0966 e. The van der Waals surface area contributed by atoms with Crippen LogP contribution in [0.2, 0.25) is 0 Å². The molecule has 4 heteroatoms. The lowest BCUT2D eigenvalue weighted by atomic mass is 10.1. The number of rotatable bonds is 1. The first-order valence-electron chi connectivity index (χ1n) is 7.36. The molecule has 0 saturated carbocycles. The first-order chi connectivity index (χ1) is 11.4. The molecular weight excluding hydrogens is 302 g/mol. The molecule has 5 aromatic rings. The Bertz CT molecular complexity index is 1170. The van der Waals surface area contributed by atoms with Gasteiger partial charge in [-0.05, 0) is 24.3 Å². The van der Waals surface area contributed by atoms with Crippen LogP contribution in [0.1, 0.15) is 0 Å². The van der Waals surface area contributed by atoms with Crippen LogP contribution in [0.4, 0.5) is 0 Å². The average molecular weight is 313 g/mol. The Balaban J connectivity index is 1.81. The van der Waals surface area contributed by atoms with Crippen LogP contribution >= 0.6 is 11.3 Å². The quantitative estimate of drug-likeness (QED) is 0.434. The molecule has 0 radical (unpaired) electrons. The molecule has 0 bridgehead atoms. The van der Waals surface area contributed by atoms with Gasteiger partial charge in [0, 0.05) is 55.7 Å². The molecule has 0 aliphatic heterocycles. The summed E-state index contributed by atoms with van der Waals surface area (Å²) in [6.45, 7) is 0. The molecule has 0 aliphatic rings. The molecule has 4 heterocycles. The van der Waals surface area contributed by atoms with Gasteiger partial charge in [-0.25, -0.2) is 0 Å². The molecule has 0 amide bonds. The van der Waals surface area contributed by atoms with Gasteiger partial charge >= 0.3 is 0 Å². The van der Waals surface area contributed by atoms with Crippen LogP contribution in [-0.4, -0.2) is 15.0 Å². The third-order valence-corrected chi connectivity index (χ3v) is 5.20. The summed E-state index contributed by atoms with van der Waals surface area (Å²) in [5.41, 5.74) is 1.81. The zero-order chi connectivity index (χ0) is 15.2. The van der Waals surface area contributed by atoms with Crippen molar-refractivity contribution in [1.82, 2.24) is 15.0 Å². The Hall–Kier alpha value is -2.85. The summed E-state index contributed by atoms with van der Waals surface area (Å²) in [7, 11) is 0. The molecule has 0 fully saturated rings. The number of fused-ring (bicyclic) bond motifs is 4. The van der Waals surface area contributed by atoms with E-state index in [1.165, 1.54) is 20.2 Å². The van der Waals surface area contributed by atoms with E-state index in [2.05, 4.69) is 45.3 Å². The van der Waals surface area contributed by atoms with Crippen LogP contribution in [0.3, 0.4) is 0 Å². The lowest BCUT2D eigenvalue weighted by molar-refractivity contribution is 1.27. The molecular formula is C19H11N3S. The van der Waals surface area contributed by atoms with Gasteiger partial charge in [0.1, 0.15) is 0 Å². The molecule has 108 valence electrons. The topological polar surface area (TPSA) is 38.7 Å². The van der Waals surface area contributed by atoms with Gasteiger partial charge in [0.2, 0.25) is 0 Å². The summed E-state index contributed by atoms with van der Waals surface area (Å²) in [6.07, 6.45) is 7.44. The summed E-state index contributed by atoms with van der Waals surface area (Å²) < 4.78 is 2.53. The third-order valence-electron chi connectivity index (χ3n) is 4.07. The van der Waals surface area contributed by atoms with Gasteiger partial charge in [0.25, 0.3) is 0 Å². The maximum absolute atomic E-state index is 4.67. The second-order valence-corrected chi connectivity index (χ2v) is 6.50. The van der Waals surface area contributed by atoms with Crippen LogP contribution in [0.15, 0.2) is 67.3 Å². The van der Waals surface area contributed by atoms with Gasteiger partial charge in [-0.2, -0.15) is 0 Å². The monoisotopic (exact) mass is 313 g/mol. The smallest absolute Gasteiger partial charge is 0.0966 e. The van der Waals surface area contributed by atoms with Gasteiger partial charge < -0.3 is 0 Å². The molecule has 0 unspecified atom stereocenters. The molecule has 0 aliphatic carbocycles. The van der Waals surface area contributed by atoms with Gasteiger partial charge in [0.15, 0.2) is 0 Å². The van der Waals surface area contributed by atoms with Gasteiger partial charge in [0.05, 0.1) is 11.4 Å². The molecule has 1 aromatic carbocycles. The predicted octanol–water partition coefficient (Wildman–Crippen LogP) is 5.06. The highest BCUT2D eigenvalue weighted by Gasteiger charge is 2.10. The van der Waals surface area contributed by atoms with Crippen LogP contribution < -0.4 is 0 Å². The Labute approximate surface area is 136 Å². The number of nitrogens with zero attached hydrogens (tertiary/aromatic N) is 3. The largest absolute Gasteiger partial charge is 0.264 e. The van der Waals surface area contributed by atoms with Crippen molar-refractivity contribution in [3.05, 3.63) is 67.3 Å². The van der Waals surface area contributed by atoms with E-state index in [0.717, 1.165) is 22.2 Å². The summed E-state index contributed by atoms with van der Waals surface area (Å²) in [5.74, 6) is 0. The summed E-state index contributed by atoms with van der Waals surface area (Å²) in [6, 6.07) is 14.6. The fourth-order valence-electron chi connectivity index (χ4n) is 2.97. The van der Waals surface area contributed by atoms with Gasteiger partial charge in [-0.15, -0.1) is 11.3 Å². The van der Waals surface area contributed by atoms with E-state index in [9.17, 15) is 0 Å². The molecule has 0 N–H and O–H groups in total. The molecule has 0 atom stereocenters. The van der Waals surface area contributed by atoms with Gasteiger partial charge in [-0.1, -0.05) is 18.2 Å². The highest BCUT2D eigenvalue weighted by molar-refractivity contribution is 7.25. The van der Waals surface area contributed by atoms with Gasteiger partial charge in [-0.3, -0.25) is 15.0 Å². The molecule has 0 saturated heterocycles. The van der Waals surface area contributed by atoms with Crippen molar-refractivity contribution >= 4 is 42.3 Å². The van der Waals surface area contributed by atoms with Crippen molar-refractivity contribution < 1.29 is 0 Å². The molecule has 5 rings (SSSR count). The maximum atomic E-state index is 4.67. The summed E-state index contributed by atoms with van der Waals surface area (Å²) >= 11 is 1.80. The van der Waals surface area contributed by atoms with Crippen molar-refractivity contribution in [3.63, 3.8) is 0 Å². The molecule has 23 heavy (non-hydrogen) atoms. The minimum Gasteiger partial charge on any atom is -0.264 e. The Morgan fingerprint density at radius 2 is 1.70 bits per heavy atom. The van der Waals surface area contributed by atoms with Crippen molar-refractivity contribution in [3.8, 4) is 11.4 Å². The lowest BCUT2D eigenvalue weighted by Crippen LogP contribution is -1.89. The highest BCUT2D eigenvalue weighted by atomic mass is 32.1. The van der Waals surface area contributed by atoms with Crippen LogP contribution in [-0.2, 0) is 0 Å². The number of aromatic nitrogens is 3. The van der Waals surface area contributed by atoms with E-state index in [-0.39, 0.29) is 0 Å². The fraction of sp³-hybridized carbons (Fsp3) is 0. The highest BCUT2D eigenvalue weighted by Crippen LogP contribution is 2.35.